The van der Waals surface area contributed by atoms with Crippen LogP contribution in [0, 0.1) is 25.3 Å². The van der Waals surface area contributed by atoms with Crippen molar-refractivity contribution in [1.29, 1.82) is 0 Å². The molecule has 1 heterocycles. The van der Waals surface area contributed by atoms with Crippen molar-refractivity contribution in [3.8, 4) is 28.3 Å². The molecule has 3 aromatic rings. The smallest absolute Gasteiger partial charge is 0.415 e. The van der Waals surface area contributed by atoms with Gasteiger partial charge in [-0.15, -0.1) is 5.54 Å². The molecule has 0 atom stereocenters. The summed E-state index contributed by atoms with van der Waals surface area (Å²) in [6.07, 6.45) is 1.35. The molecule has 0 aliphatic rings. The third-order valence-corrected chi connectivity index (χ3v) is 14.6. The van der Waals surface area contributed by atoms with Gasteiger partial charge in [-0.3, -0.25) is 9.88 Å². The first kappa shape index (κ1) is 33.9. The summed E-state index contributed by atoms with van der Waals surface area (Å²) in [5.41, 5.74) is 11.0. The molecule has 1 amide bonds. The van der Waals surface area contributed by atoms with Crippen LogP contribution in [0.2, 0.25) is 16.6 Å². The van der Waals surface area contributed by atoms with Crippen LogP contribution in [-0.4, -0.2) is 31.9 Å². The molecule has 0 N–H and O–H groups in total. The van der Waals surface area contributed by atoms with Crippen molar-refractivity contribution in [3.63, 3.8) is 0 Å². The predicted molar refractivity (Wildman–Crippen MR) is 182 cm³/mol. The summed E-state index contributed by atoms with van der Waals surface area (Å²) in [5.74, 6) is 4.39. The van der Waals surface area contributed by atoms with E-state index in [0.717, 1.165) is 39.3 Å². The van der Waals surface area contributed by atoms with E-state index in [1.54, 1.807) is 18.2 Å². The Labute approximate surface area is 261 Å². The molecule has 6 heteroatoms. The first-order chi connectivity index (χ1) is 20.1. The Morgan fingerprint density at radius 3 is 2.07 bits per heavy atom. The third kappa shape index (κ3) is 7.89. The van der Waals surface area contributed by atoms with Crippen LogP contribution in [0.3, 0.4) is 0 Å². The number of aromatic nitrogens is 1. The molecule has 0 aliphatic heterocycles. The maximum absolute atomic E-state index is 13.9. The number of amides is 1. The van der Waals surface area contributed by atoms with E-state index in [2.05, 4.69) is 71.2 Å². The highest BCUT2D eigenvalue weighted by atomic mass is 28.3. The van der Waals surface area contributed by atoms with Gasteiger partial charge in [-0.1, -0.05) is 77.8 Å². The molecule has 0 bridgehead atoms. The summed E-state index contributed by atoms with van der Waals surface area (Å²) in [4.78, 5) is 20.2. The summed E-state index contributed by atoms with van der Waals surface area (Å²) in [6.45, 7) is 23.8. The minimum atomic E-state index is -1.98. The first-order valence-electron chi connectivity index (χ1n) is 15.3. The molecule has 0 saturated heterocycles. The average Bonchev–Trinajstić information content (AvgIpc) is 2.92. The molecule has 0 unspecified atom stereocenters. The van der Waals surface area contributed by atoms with Gasteiger partial charge in [-0.25, -0.2) is 4.79 Å². The van der Waals surface area contributed by atoms with Gasteiger partial charge in [0.2, 0.25) is 0 Å². The summed E-state index contributed by atoms with van der Waals surface area (Å²) in [5, 5.41) is 0. The van der Waals surface area contributed by atoms with Crippen LogP contribution >= 0.6 is 0 Å². The minimum Gasteiger partial charge on any atom is -0.496 e. The maximum Gasteiger partial charge on any atom is 0.415 e. The SMILES string of the molecule is COc1c(C)cnc(CN(C(=O)OC(C)(C)C)c2cc(C#C[Si](C(C)C)(C(C)C)C(C)C)cc(-c3ccccc3)c2)c1C. The van der Waals surface area contributed by atoms with Gasteiger partial charge in [0.05, 0.1) is 19.3 Å². The Kier molecular flexibility index (Phi) is 10.9. The van der Waals surface area contributed by atoms with E-state index >= 15 is 0 Å². The lowest BCUT2D eigenvalue weighted by Crippen LogP contribution is -2.43. The number of hydrogen-bond acceptors (Lipinski definition) is 4. The second-order valence-corrected chi connectivity index (χ2v) is 19.0. The highest BCUT2D eigenvalue weighted by Gasteiger charge is 2.41. The zero-order chi connectivity index (χ0) is 32.1. The second-order valence-electron chi connectivity index (χ2n) is 13.4. The number of rotatable bonds is 8. The maximum atomic E-state index is 13.9. The molecule has 0 fully saturated rings. The van der Waals surface area contributed by atoms with Crippen LogP contribution in [0.5, 0.6) is 5.75 Å². The minimum absolute atomic E-state index is 0.227. The summed E-state index contributed by atoms with van der Waals surface area (Å²) < 4.78 is 11.6. The van der Waals surface area contributed by atoms with Crippen LogP contribution in [0.25, 0.3) is 11.1 Å². The van der Waals surface area contributed by atoms with Crippen molar-refractivity contribution in [2.45, 2.75) is 105 Å². The van der Waals surface area contributed by atoms with E-state index in [0.29, 0.717) is 22.3 Å². The number of carbonyl (C=O) groups excluding carboxylic acids is 1. The molecule has 0 spiro atoms. The van der Waals surface area contributed by atoms with Gasteiger partial charge >= 0.3 is 6.09 Å². The van der Waals surface area contributed by atoms with Crippen LogP contribution < -0.4 is 9.64 Å². The molecular formula is C37H50N2O3Si. The lowest BCUT2D eigenvalue weighted by Gasteiger charge is -2.38. The van der Waals surface area contributed by atoms with Crippen molar-refractivity contribution in [2.75, 3.05) is 12.0 Å². The highest BCUT2D eigenvalue weighted by molar-refractivity contribution is 6.90. The zero-order valence-corrected chi connectivity index (χ0v) is 29.3. The second kappa shape index (κ2) is 13.8. The molecule has 5 nitrogen and oxygen atoms in total. The lowest BCUT2D eigenvalue weighted by molar-refractivity contribution is 0.0577. The molecule has 43 heavy (non-hydrogen) atoms. The van der Waals surface area contributed by atoms with Gasteiger partial charge in [-0.05, 0) is 80.6 Å². The number of benzene rings is 2. The van der Waals surface area contributed by atoms with Gasteiger partial charge in [0.1, 0.15) is 19.4 Å². The van der Waals surface area contributed by atoms with Crippen molar-refractivity contribution >= 4 is 19.9 Å². The highest BCUT2D eigenvalue weighted by Crippen LogP contribution is 2.41. The van der Waals surface area contributed by atoms with Crippen LogP contribution in [0.4, 0.5) is 10.5 Å². The Bertz CT molecular complexity index is 1460. The first-order valence-corrected chi connectivity index (χ1v) is 17.6. The molecule has 0 radical (unpaired) electrons. The number of nitrogens with zero attached hydrogens (tertiary/aromatic N) is 2. The van der Waals surface area contributed by atoms with Gasteiger partial charge in [0.25, 0.3) is 0 Å². The lowest BCUT2D eigenvalue weighted by atomic mass is 10.0. The van der Waals surface area contributed by atoms with E-state index in [1.165, 1.54) is 0 Å². The predicted octanol–water partition coefficient (Wildman–Crippen LogP) is 9.89. The van der Waals surface area contributed by atoms with Crippen molar-refractivity contribution in [2.24, 2.45) is 0 Å². The van der Waals surface area contributed by atoms with Gasteiger partial charge < -0.3 is 9.47 Å². The largest absolute Gasteiger partial charge is 0.496 e. The zero-order valence-electron chi connectivity index (χ0n) is 28.3. The quantitative estimate of drug-likeness (QED) is 0.191. The summed E-state index contributed by atoms with van der Waals surface area (Å²) in [6, 6.07) is 16.4. The van der Waals surface area contributed by atoms with E-state index in [1.807, 2.05) is 65.0 Å². The third-order valence-electron chi connectivity index (χ3n) is 8.30. The molecule has 1 aromatic heterocycles. The molecule has 2 aromatic carbocycles. The number of ether oxygens (including phenoxy) is 2. The summed E-state index contributed by atoms with van der Waals surface area (Å²) in [7, 11) is -0.319. The number of methoxy groups -OCH3 is 1. The molecule has 230 valence electrons. The number of carbonyl (C=O) groups is 1. The van der Waals surface area contributed by atoms with E-state index < -0.39 is 19.8 Å². The number of anilines is 1. The fourth-order valence-electron chi connectivity index (χ4n) is 6.21. The Balaban J connectivity index is 2.28. The molecule has 0 aliphatic carbocycles. The molecular weight excluding hydrogens is 549 g/mol. The Hall–Kier alpha value is -3.56. The molecule has 3 rings (SSSR count). The van der Waals surface area contributed by atoms with Gasteiger partial charge in [0, 0.05) is 28.6 Å². The normalized spacial score (nSPS) is 11.9. The number of hydrogen-bond donors (Lipinski definition) is 0. The van der Waals surface area contributed by atoms with Crippen molar-refractivity contribution < 1.29 is 14.3 Å². The van der Waals surface area contributed by atoms with Gasteiger partial charge in [0.15, 0.2) is 0 Å². The number of aryl methyl sites for hydroxylation is 1. The standard InChI is InChI=1S/C37H50N2O3Si/c1-25(2)43(26(3)4,27(5)6)19-18-30-20-32(31-16-14-13-15-17-31)22-33(21-30)39(36(40)42-37(9,10)11)24-34-29(8)35(41-12)28(7)23-38-34/h13-17,20-23,25-27H,24H2,1-12H3. The van der Waals surface area contributed by atoms with Crippen LogP contribution in [0.1, 0.15) is 84.7 Å². The van der Waals surface area contributed by atoms with Crippen molar-refractivity contribution in [1.82, 2.24) is 4.98 Å². The van der Waals surface area contributed by atoms with Gasteiger partial charge in [-0.2, -0.15) is 0 Å². The topological polar surface area (TPSA) is 51.7 Å². The Morgan fingerprint density at radius 1 is 0.930 bits per heavy atom. The van der Waals surface area contributed by atoms with E-state index in [4.69, 9.17) is 14.5 Å². The van der Waals surface area contributed by atoms with Crippen LogP contribution in [0.15, 0.2) is 54.7 Å². The summed E-state index contributed by atoms with van der Waals surface area (Å²) >= 11 is 0. The fraction of sp³-hybridized carbons (Fsp3) is 0.459. The molecule has 0 saturated carbocycles. The van der Waals surface area contributed by atoms with E-state index in [9.17, 15) is 4.79 Å². The fourth-order valence-corrected chi connectivity index (χ4v) is 11.4. The van der Waals surface area contributed by atoms with Crippen molar-refractivity contribution in [3.05, 3.63) is 77.1 Å². The van der Waals surface area contributed by atoms with E-state index in [-0.39, 0.29) is 6.54 Å². The monoisotopic (exact) mass is 598 g/mol. The Morgan fingerprint density at radius 2 is 1.53 bits per heavy atom. The van der Waals surface area contributed by atoms with Crippen LogP contribution in [-0.2, 0) is 11.3 Å². The number of pyridine rings is 1. The average molecular weight is 599 g/mol.